The fourth-order valence-corrected chi connectivity index (χ4v) is 3.35. The Balaban J connectivity index is 1.76. The van der Waals surface area contributed by atoms with E-state index < -0.39 is 0 Å². The summed E-state index contributed by atoms with van der Waals surface area (Å²) < 4.78 is 0. The van der Waals surface area contributed by atoms with E-state index in [9.17, 15) is 14.7 Å². The number of carbonyl (C=O) groups is 1. The highest BCUT2D eigenvalue weighted by Gasteiger charge is 2.16. The highest BCUT2D eigenvalue weighted by Crippen LogP contribution is 2.20. The standard InChI is InChI=1S/C21H23N3O3/c1-13-17(21(27)24-18-8-9-22-14(2)20(13)18)10-19(26)23-11-16(12-25)15-6-4-3-5-7-15/h3-9,16,25H,10-12H2,1-2H3,(H,23,26)(H,24,27)/t16-/m1/s1. The summed E-state index contributed by atoms with van der Waals surface area (Å²) in [7, 11) is 0. The number of aryl methyl sites for hydroxylation is 2. The number of nitrogens with one attached hydrogen (secondary N) is 2. The molecule has 3 aromatic rings. The number of fused-ring (bicyclic) bond motifs is 1. The van der Waals surface area contributed by atoms with E-state index in [1.54, 1.807) is 12.3 Å². The van der Waals surface area contributed by atoms with Gasteiger partial charge in [-0.15, -0.1) is 0 Å². The zero-order valence-electron chi connectivity index (χ0n) is 15.5. The number of aliphatic hydroxyl groups is 1. The average molecular weight is 365 g/mol. The van der Waals surface area contributed by atoms with Crippen LogP contribution in [0.4, 0.5) is 0 Å². The van der Waals surface area contributed by atoms with Crippen molar-refractivity contribution in [1.29, 1.82) is 0 Å². The van der Waals surface area contributed by atoms with Crippen LogP contribution in [0.2, 0.25) is 0 Å². The molecule has 0 unspecified atom stereocenters. The predicted molar refractivity (Wildman–Crippen MR) is 105 cm³/mol. The second-order valence-electron chi connectivity index (χ2n) is 6.65. The van der Waals surface area contributed by atoms with Crippen molar-refractivity contribution in [1.82, 2.24) is 15.3 Å². The van der Waals surface area contributed by atoms with Gasteiger partial charge in [-0.2, -0.15) is 0 Å². The summed E-state index contributed by atoms with van der Waals surface area (Å²) in [4.78, 5) is 32.0. The Labute approximate surface area is 157 Å². The summed E-state index contributed by atoms with van der Waals surface area (Å²) in [5, 5.41) is 13.3. The molecule has 0 aliphatic carbocycles. The van der Waals surface area contributed by atoms with E-state index >= 15 is 0 Å². The molecule has 1 atom stereocenters. The summed E-state index contributed by atoms with van der Waals surface area (Å²) in [5.41, 5.74) is 3.45. The Bertz CT molecular complexity index is 1010. The molecule has 0 saturated heterocycles. The second kappa shape index (κ2) is 8.14. The van der Waals surface area contributed by atoms with Gasteiger partial charge in [-0.05, 0) is 31.0 Å². The number of hydrogen-bond acceptors (Lipinski definition) is 4. The van der Waals surface area contributed by atoms with Crippen LogP contribution in [0.25, 0.3) is 10.9 Å². The first-order valence-electron chi connectivity index (χ1n) is 8.90. The number of pyridine rings is 2. The molecule has 0 spiro atoms. The highest BCUT2D eigenvalue weighted by atomic mass is 16.3. The van der Waals surface area contributed by atoms with E-state index in [2.05, 4.69) is 15.3 Å². The van der Waals surface area contributed by atoms with Gasteiger partial charge in [-0.25, -0.2) is 0 Å². The van der Waals surface area contributed by atoms with Gasteiger partial charge < -0.3 is 15.4 Å². The number of H-pyrrole nitrogens is 1. The predicted octanol–water partition coefficient (Wildman–Crippen LogP) is 1.97. The number of hydrogen-bond donors (Lipinski definition) is 3. The molecule has 3 rings (SSSR count). The fraction of sp³-hybridized carbons (Fsp3) is 0.286. The summed E-state index contributed by atoms with van der Waals surface area (Å²) in [6.07, 6.45) is 1.64. The van der Waals surface area contributed by atoms with Crippen LogP contribution in [0.15, 0.2) is 47.4 Å². The molecule has 0 radical (unpaired) electrons. The molecule has 0 saturated carbocycles. The summed E-state index contributed by atoms with van der Waals surface area (Å²) >= 11 is 0. The van der Waals surface area contributed by atoms with Crippen molar-refractivity contribution in [3.8, 4) is 0 Å². The van der Waals surface area contributed by atoms with Crippen LogP contribution in [-0.2, 0) is 11.2 Å². The smallest absolute Gasteiger partial charge is 0.252 e. The maximum atomic E-state index is 12.4. The molecule has 140 valence electrons. The molecule has 1 aromatic carbocycles. The van der Waals surface area contributed by atoms with Crippen molar-refractivity contribution in [2.45, 2.75) is 26.2 Å². The molecule has 2 aromatic heterocycles. The van der Waals surface area contributed by atoms with Crippen LogP contribution >= 0.6 is 0 Å². The van der Waals surface area contributed by atoms with E-state index in [-0.39, 0.29) is 30.4 Å². The van der Waals surface area contributed by atoms with Gasteiger partial charge in [0.25, 0.3) is 5.56 Å². The molecule has 0 fully saturated rings. The topological polar surface area (TPSA) is 95.1 Å². The minimum absolute atomic E-state index is 0.0155. The van der Waals surface area contributed by atoms with Crippen molar-refractivity contribution in [3.63, 3.8) is 0 Å². The Hall–Kier alpha value is -2.99. The van der Waals surface area contributed by atoms with E-state index in [0.717, 1.165) is 27.7 Å². The molecule has 1 amide bonds. The Morgan fingerprint density at radius 1 is 1.22 bits per heavy atom. The normalized spacial score (nSPS) is 12.1. The van der Waals surface area contributed by atoms with Crippen LogP contribution in [0.5, 0.6) is 0 Å². The first-order valence-corrected chi connectivity index (χ1v) is 8.90. The van der Waals surface area contributed by atoms with Gasteiger partial charge >= 0.3 is 0 Å². The lowest BCUT2D eigenvalue weighted by Gasteiger charge is -2.16. The maximum Gasteiger partial charge on any atom is 0.252 e. The second-order valence-corrected chi connectivity index (χ2v) is 6.65. The van der Waals surface area contributed by atoms with E-state index in [4.69, 9.17) is 0 Å². The quantitative estimate of drug-likeness (QED) is 0.622. The fourth-order valence-electron chi connectivity index (χ4n) is 3.35. The monoisotopic (exact) mass is 365 g/mol. The third kappa shape index (κ3) is 4.06. The van der Waals surface area contributed by atoms with Gasteiger partial charge in [0.1, 0.15) is 0 Å². The van der Waals surface area contributed by atoms with E-state index in [1.165, 1.54) is 0 Å². The molecule has 6 nitrogen and oxygen atoms in total. The first-order chi connectivity index (χ1) is 13.0. The minimum atomic E-state index is -0.262. The number of amides is 1. The number of rotatable bonds is 6. The molecule has 0 bridgehead atoms. The molecule has 3 N–H and O–H groups in total. The Kier molecular flexibility index (Phi) is 5.66. The summed E-state index contributed by atoms with van der Waals surface area (Å²) in [6, 6.07) is 11.3. The number of carbonyl (C=O) groups excluding carboxylic acids is 1. The third-order valence-electron chi connectivity index (χ3n) is 4.86. The van der Waals surface area contributed by atoms with Crippen molar-refractivity contribution >= 4 is 16.8 Å². The number of aromatic nitrogens is 2. The van der Waals surface area contributed by atoms with E-state index in [0.29, 0.717) is 12.1 Å². The molecule has 0 aliphatic rings. The lowest BCUT2D eigenvalue weighted by atomic mass is 9.99. The molecule has 6 heteroatoms. The average Bonchev–Trinajstić information content (AvgIpc) is 2.66. The Morgan fingerprint density at radius 3 is 2.67 bits per heavy atom. The molecular weight excluding hydrogens is 342 g/mol. The van der Waals surface area contributed by atoms with Crippen molar-refractivity contribution in [3.05, 3.63) is 75.3 Å². The first kappa shape index (κ1) is 18.8. The largest absolute Gasteiger partial charge is 0.396 e. The molecule has 27 heavy (non-hydrogen) atoms. The van der Waals surface area contributed by atoms with Crippen LogP contribution in [-0.4, -0.2) is 34.1 Å². The van der Waals surface area contributed by atoms with Gasteiger partial charge in [0.05, 0.1) is 18.5 Å². The molecule has 0 aliphatic heterocycles. The van der Waals surface area contributed by atoms with Crippen LogP contribution in [0.1, 0.15) is 28.3 Å². The van der Waals surface area contributed by atoms with Gasteiger partial charge in [-0.1, -0.05) is 30.3 Å². The van der Waals surface area contributed by atoms with Crippen molar-refractivity contribution < 1.29 is 9.90 Å². The zero-order chi connectivity index (χ0) is 19.4. The van der Waals surface area contributed by atoms with Crippen LogP contribution < -0.4 is 10.9 Å². The number of aliphatic hydroxyl groups excluding tert-OH is 1. The van der Waals surface area contributed by atoms with Gasteiger partial charge in [0, 0.05) is 35.3 Å². The van der Waals surface area contributed by atoms with Gasteiger partial charge in [0.15, 0.2) is 0 Å². The van der Waals surface area contributed by atoms with Crippen LogP contribution in [0.3, 0.4) is 0 Å². The summed E-state index contributed by atoms with van der Waals surface area (Å²) in [6.45, 7) is 3.97. The highest BCUT2D eigenvalue weighted by molar-refractivity contribution is 5.87. The number of nitrogens with zero attached hydrogens (tertiary/aromatic N) is 1. The number of benzene rings is 1. The number of aromatic amines is 1. The van der Waals surface area contributed by atoms with Crippen molar-refractivity contribution in [2.75, 3.05) is 13.2 Å². The maximum absolute atomic E-state index is 12.4. The van der Waals surface area contributed by atoms with E-state index in [1.807, 2.05) is 44.2 Å². The SMILES string of the molecule is Cc1nccc2[nH]c(=O)c(CC(=O)NC[C@H](CO)c3ccccc3)c(C)c12. The summed E-state index contributed by atoms with van der Waals surface area (Å²) in [5.74, 6) is -0.434. The van der Waals surface area contributed by atoms with Crippen LogP contribution in [0, 0.1) is 13.8 Å². The Morgan fingerprint density at radius 2 is 1.96 bits per heavy atom. The molecule has 2 heterocycles. The zero-order valence-corrected chi connectivity index (χ0v) is 15.5. The third-order valence-corrected chi connectivity index (χ3v) is 4.86. The lowest BCUT2D eigenvalue weighted by Crippen LogP contribution is -2.32. The minimum Gasteiger partial charge on any atom is -0.396 e. The van der Waals surface area contributed by atoms with Crippen molar-refractivity contribution in [2.24, 2.45) is 0 Å². The van der Waals surface area contributed by atoms with Gasteiger partial charge in [-0.3, -0.25) is 14.6 Å². The lowest BCUT2D eigenvalue weighted by molar-refractivity contribution is -0.120. The van der Waals surface area contributed by atoms with Gasteiger partial charge in [0.2, 0.25) is 5.91 Å². The molecular formula is C21H23N3O3.